The molecule has 1 aromatic heterocycles. The fourth-order valence-corrected chi connectivity index (χ4v) is 1.76. The van der Waals surface area contributed by atoms with Gasteiger partial charge in [-0.3, -0.25) is 4.79 Å². The first-order valence-corrected chi connectivity index (χ1v) is 6.15. The van der Waals surface area contributed by atoms with Crippen LogP contribution in [-0.2, 0) is 4.79 Å². The molecule has 2 rings (SSSR count). The topological polar surface area (TPSA) is 46.9 Å². The lowest BCUT2D eigenvalue weighted by molar-refractivity contribution is -0.111. The van der Waals surface area contributed by atoms with Crippen LogP contribution in [0.2, 0.25) is 0 Å². The molecule has 0 saturated heterocycles. The van der Waals surface area contributed by atoms with Crippen molar-refractivity contribution in [3.8, 4) is 5.69 Å². The Labute approximate surface area is 113 Å². The fraction of sp³-hybridized carbons (Fsp3) is 0.0769. The molecule has 92 valence electrons. The molecule has 1 heterocycles. The Bertz CT molecular complexity index is 585. The van der Waals surface area contributed by atoms with Crippen molar-refractivity contribution in [1.29, 1.82) is 0 Å². The average Bonchev–Trinajstić information content (AvgIpc) is 2.70. The summed E-state index contributed by atoms with van der Waals surface area (Å²) in [6, 6.07) is 7.44. The molecule has 0 bridgehead atoms. The van der Waals surface area contributed by atoms with Crippen molar-refractivity contribution in [3.05, 3.63) is 53.3 Å². The van der Waals surface area contributed by atoms with Crippen LogP contribution in [0, 0.1) is 6.92 Å². The van der Waals surface area contributed by atoms with Crippen molar-refractivity contribution in [2.24, 2.45) is 0 Å². The summed E-state index contributed by atoms with van der Waals surface area (Å²) in [6.45, 7) is 5.34. The van der Waals surface area contributed by atoms with Gasteiger partial charge in [0.05, 0.1) is 15.9 Å². The van der Waals surface area contributed by atoms with Gasteiger partial charge in [-0.1, -0.05) is 12.6 Å². The van der Waals surface area contributed by atoms with Crippen LogP contribution in [0.1, 0.15) is 5.69 Å². The number of hydrogen-bond acceptors (Lipinski definition) is 2. The van der Waals surface area contributed by atoms with Gasteiger partial charge in [0.25, 0.3) is 0 Å². The zero-order chi connectivity index (χ0) is 13.1. The van der Waals surface area contributed by atoms with Crippen molar-refractivity contribution >= 4 is 27.5 Å². The van der Waals surface area contributed by atoms with Gasteiger partial charge < -0.3 is 5.32 Å². The van der Waals surface area contributed by atoms with Crippen molar-refractivity contribution in [2.45, 2.75) is 6.92 Å². The normalized spacial score (nSPS) is 10.1. The predicted molar refractivity (Wildman–Crippen MR) is 74.8 cm³/mol. The quantitative estimate of drug-likeness (QED) is 0.886. The Morgan fingerprint density at radius 2 is 2.33 bits per heavy atom. The summed E-state index contributed by atoms with van der Waals surface area (Å²) in [5.41, 5.74) is 2.50. The first kappa shape index (κ1) is 12.6. The van der Waals surface area contributed by atoms with Crippen LogP contribution in [0.15, 0.2) is 47.6 Å². The third-order valence-corrected chi connectivity index (χ3v) is 3.18. The van der Waals surface area contributed by atoms with Crippen LogP contribution in [0.4, 0.5) is 5.69 Å². The van der Waals surface area contributed by atoms with Gasteiger partial charge in [-0.2, -0.15) is 5.10 Å². The molecule has 0 saturated carbocycles. The molecule has 1 aromatic carbocycles. The summed E-state index contributed by atoms with van der Waals surface area (Å²) in [5, 5.41) is 7.07. The van der Waals surface area contributed by atoms with Crippen LogP contribution in [0.25, 0.3) is 5.69 Å². The Morgan fingerprint density at radius 3 is 2.94 bits per heavy atom. The lowest BCUT2D eigenvalue weighted by Crippen LogP contribution is -2.07. The van der Waals surface area contributed by atoms with Crippen LogP contribution >= 0.6 is 15.9 Å². The van der Waals surface area contributed by atoms with E-state index in [2.05, 4.69) is 32.9 Å². The SMILES string of the molecule is C=CC(=O)Nc1cccc(-n2cc(Br)c(C)n2)c1. The minimum atomic E-state index is -0.232. The predicted octanol–water partition coefficient (Wildman–Crippen LogP) is 3.07. The van der Waals surface area contributed by atoms with E-state index in [9.17, 15) is 4.79 Å². The molecule has 0 atom stereocenters. The Kier molecular flexibility index (Phi) is 3.62. The summed E-state index contributed by atoms with van der Waals surface area (Å²) in [6.07, 6.45) is 3.12. The molecule has 0 aliphatic heterocycles. The highest BCUT2D eigenvalue weighted by Gasteiger charge is 2.04. The molecular formula is C13H12BrN3O. The van der Waals surface area contributed by atoms with Gasteiger partial charge in [0.15, 0.2) is 0 Å². The molecule has 0 aliphatic carbocycles. The molecule has 2 aromatic rings. The lowest BCUT2D eigenvalue weighted by Gasteiger charge is -2.05. The van der Waals surface area contributed by atoms with E-state index in [0.717, 1.165) is 15.9 Å². The highest BCUT2D eigenvalue weighted by molar-refractivity contribution is 9.10. The molecule has 1 N–H and O–H groups in total. The Morgan fingerprint density at radius 1 is 1.56 bits per heavy atom. The number of benzene rings is 1. The van der Waals surface area contributed by atoms with E-state index in [1.807, 2.05) is 37.4 Å². The lowest BCUT2D eigenvalue weighted by atomic mass is 10.2. The van der Waals surface area contributed by atoms with Gasteiger partial charge in [0.2, 0.25) is 5.91 Å². The van der Waals surface area contributed by atoms with Gasteiger partial charge in [-0.25, -0.2) is 4.68 Å². The maximum atomic E-state index is 11.2. The number of carbonyl (C=O) groups is 1. The van der Waals surface area contributed by atoms with Gasteiger partial charge in [0.1, 0.15) is 0 Å². The van der Waals surface area contributed by atoms with E-state index >= 15 is 0 Å². The first-order chi connectivity index (χ1) is 8.60. The molecule has 0 radical (unpaired) electrons. The van der Waals surface area contributed by atoms with Crippen LogP contribution in [0.3, 0.4) is 0 Å². The van der Waals surface area contributed by atoms with Crippen LogP contribution < -0.4 is 5.32 Å². The minimum absolute atomic E-state index is 0.232. The number of aryl methyl sites for hydroxylation is 1. The number of nitrogens with zero attached hydrogens (tertiary/aromatic N) is 2. The molecule has 18 heavy (non-hydrogen) atoms. The van der Waals surface area contributed by atoms with Crippen molar-refractivity contribution in [2.75, 3.05) is 5.32 Å². The highest BCUT2D eigenvalue weighted by atomic mass is 79.9. The summed E-state index contributed by atoms with van der Waals surface area (Å²) in [5.74, 6) is -0.232. The number of nitrogens with one attached hydrogen (secondary N) is 1. The van der Waals surface area contributed by atoms with E-state index in [1.165, 1.54) is 6.08 Å². The molecule has 0 spiro atoms. The molecule has 4 nitrogen and oxygen atoms in total. The van der Waals surface area contributed by atoms with E-state index in [1.54, 1.807) is 4.68 Å². The summed E-state index contributed by atoms with van der Waals surface area (Å²) < 4.78 is 2.70. The second kappa shape index (κ2) is 5.18. The maximum absolute atomic E-state index is 11.2. The van der Waals surface area contributed by atoms with Crippen LogP contribution in [0.5, 0.6) is 0 Å². The summed E-state index contributed by atoms with van der Waals surface area (Å²) in [7, 11) is 0. The standard InChI is InChI=1S/C13H12BrN3O/c1-3-13(18)15-10-5-4-6-11(7-10)17-8-12(14)9(2)16-17/h3-8H,1H2,2H3,(H,15,18). The largest absolute Gasteiger partial charge is 0.322 e. The Hall–Kier alpha value is -1.88. The van der Waals surface area contributed by atoms with E-state index in [-0.39, 0.29) is 5.91 Å². The number of rotatable bonds is 3. The summed E-state index contributed by atoms with van der Waals surface area (Å²) in [4.78, 5) is 11.2. The van der Waals surface area contributed by atoms with E-state index in [0.29, 0.717) is 5.69 Å². The third kappa shape index (κ3) is 2.68. The Balaban J connectivity index is 2.32. The fourth-order valence-electron chi connectivity index (χ4n) is 1.49. The average molecular weight is 306 g/mol. The number of hydrogen-bond donors (Lipinski definition) is 1. The molecule has 0 aliphatic rings. The smallest absolute Gasteiger partial charge is 0.247 e. The van der Waals surface area contributed by atoms with Crippen molar-refractivity contribution in [3.63, 3.8) is 0 Å². The van der Waals surface area contributed by atoms with Gasteiger partial charge in [-0.05, 0) is 47.1 Å². The van der Waals surface area contributed by atoms with Gasteiger partial charge >= 0.3 is 0 Å². The number of aromatic nitrogens is 2. The molecule has 5 heteroatoms. The number of anilines is 1. The number of halogens is 1. The molecule has 0 unspecified atom stereocenters. The van der Waals surface area contributed by atoms with E-state index < -0.39 is 0 Å². The van der Waals surface area contributed by atoms with Gasteiger partial charge in [0, 0.05) is 11.9 Å². The number of carbonyl (C=O) groups excluding carboxylic acids is 1. The van der Waals surface area contributed by atoms with E-state index in [4.69, 9.17) is 0 Å². The number of amides is 1. The monoisotopic (exact) mass is 305 g/mol. The minimum Gasteiger partial charge on any atom is -0.322 e. The first-order valence-electron chi connectivity index (χ1n) is 5.36. The molecular weight excluding hydrogens is 294 g/mol. The van der Waals surface area contributed by atoms with Crippen molar-refractivity contribution < 1.29 is 4.79 Å². The highest BCUT2D eigenvalue weighted by Crippen LogP contribution is 2.19. The molecule has 0 fully saturated rings. The van der Waals surface area contributed by atoms with Crippen LogP contribution in [-0.4, -0.2) is 15.7 Å². The zero-order valence-electron chi connectivity index (χ0n) is 9.85. The summed E-state index contributed by atoms with van der Waals surface area (Å²) >= 11 is 3.42. The zero-order valence-corrected chi connectivity index (χ0v) is 11.4. The van der Waals surface area contributed by atoms with Gasteiger partial charge in [-0.15, -0.1) is 0 Å². The van der Waals surface area contributed by atoms with Crippen molar-refractivity contribution in [1.82, 2.24) is 9.78 Å². The second-order valence-corrected chi connectivity index (χ2v) is 4.61. The third-order valence-electron chi connectivity index (χ3n) is 2.40. The maximum Gasteiger partial charge on any atom is 0.247 e. The molecule has 1 amide bonds. The second-order valence-electron chi connectivity index (χ2n) is 3.75.